The second-order valence-corrected chi connectivity index (χ2v) is 6.54. The second kappa shape index (κ2) is 7.20. The van der Waals surface area contributed by atoms with E-state index in [2.05, 4.69) is 15.6 Å². The van der Waals surface area contributed by atoms with Crippen LogP contribution < -0.4 is 10.6 Å². The van der Waals surface area contributed by atoms with Crippen LogP contribution in [0.5, 0.6) is 0 Å². The Kier molecular flexibility index (Phi) is 5.03. The van der Waals surface area contributed by atoms with E-state index in [1.807, 2.05) is 6.07 Å². The lowest BCUT2D eigenvalue weighted by Gasteiger charge is -2.12. The number of anilines is 2. The molecule has 0 spiro atoms. The molecule has 0 bridgehead atoms. The van der Waals surface area contributed by atoms with Gasteiger partial charge in [-0.05, 0) is 43.2 Å². The lowest BCUT2D eigenvalue weighted by molar-refractivity contribution is 0.0933. The summed E-state index contributed by atoms with van der Waals surface area (Å²) in [5.74, 6) is -0.116. The van der Waals surface area contributed by atoms with Crippen molar-refractivity contribution in [1.29, 1.82) is 0 Å². The van der Waals surface area contributed by atoms with E-state index in [1.165, 1.54) is 12.8 Å². The van der Waals surface area contributed by atoms with Crippen LogP contribution >= 0.6 is 23.2 Å². The predicted molar refractivity (Wildman–Crippen MR) is 93.7 cm³/mol. The molecule has 23 heavy (non-hydrogen) atoms. The van der Waals surface area contributed by atoms with E-state index >= 15 is 0 Å². The lowest BCUT2D eigenvalue weighted by Crippen LogP contribution is -2.33. The molecule has 1 saturated carbocycles. The minimum atomic E-state index is -0.116. The maximum atomic E-state index is 12.1. The molecule has 4 nitrogen and oxygen atoms in total. The Morgan fingerprint density at radius 2 is 1.74 bits per heavy atom. The van der Waals surface area contributed by atoms with Crippen LogP contribution in [0.3, 0.4) is 0 Å². The van der Waals surface area contributed by atoms with Gasteiger partial charge < -0.3 is 10.6 Å². The van der Waals surface area contributed by atoms with Gasteiger partial charge in [0.2, 0.25) is 0 Å². The minimum absolute atomic E-state index is 0.116. The summed E-state index contributed by atoms with van der Waals surface area (Å²) in [6.45, 7) is 0. The first-order chi connectivity index (χ1) is 11.1. The highest BCUT2D eigenvalue weighted by Crippen LogP contribution is 2.25. The number of carbonyl (C=O) groups is 1. The van der Waals surface area contributed by atoms with Crippen molar-refractivity contribution in [3.63, 3.8) is 0 Å². The monoisotopic (exact) mass is 349 g/mol. The Morgan fingerprint density at radius 3 is 2.35 bits per heavy atom. The third-order valence-electron chi connectivity index (χ3n) is 3.84. The Hall–Kier alpha value is -1.78. The molecule has 6 heteroatoms. The number of carbonyl (C=O) groups excluding carboxylic acids is 1. The van der Waals surface area contributed by atoms with Crippen molar-refractivity contribution in [2.24, 2.45) is 0 Å². The first-order valence-corrected chi connectivity index (χ1v) is 8.36. The van der Waals surface area contributed by atoms with Crippen molar-refractivity contribution >= 4 is 40.5 Å². The molecule has 0 radical (unpaired) electrons. The van der Waals surface area contributed by atoms with E-state index in [9.17, 15) is 4.79 Å². The standard InChI is InChI=1S/C17H17Cl2N3O/c18-11-7-12(19)9-15(8-11)21-14-5-6-16(20-10-14)17(23)22-13-3-1-2-4-13/h5-10,13,21H,1-4H2,(H,22,23). The van der Waals surface area contributed by atoms with Gasteiger partial charge in [0.15, 0.2) is 0 Å². The van der Waals surface area contributed by atoms with Gasteiger partial charge >= 0.3 is 0 Å². The maximum absolute atomic E-state index is 12.1. The topological polar surface area (TPSA) is 54.0 Å². The highest BCUT2D eigenvalue weighted by atomic mass is 35.5. The number of pyridine rings is 1. The molecular formula is C17H17Cl2N3O. The van der Waals surface area contributed by atoms with Crippen LogP contribution in [-0.2, 0) is 0 Å². The number of aromatic nitrogens is 1. The quantitative estimate of drug-likeness (QED) is 0.832. The largest absolute Gasteiger partial charge is 0.354 e. The third kappa shape index (κ3) is 4.36. The van der Waals surface area contributed by atoms with E-state index in [4.69, 9.17) is 23.2 Å². The first-order valence-electron chi connectivity index (χ1n) is 7.60. The predicted octanol–water partition coefficient (Wildman–Crippen LogP) is 4.80. The van der Waals surface area contributed by atoms with Crippen molar-refractivity contribution in [3.8, 4) is 0 Å². The van der Waals surface area contributed by atoms with Crippen LogP contribution in [0.4, 0.5) is 11.4 Å². The van der Waals surface area contributed by atoms with Crippen LogP contribution in [0.2, 0.25) is 10.0 Å². The second-order valence-electron chi connectivity index (χ2n) is 5.67. The van der Waals surface area contributed by atoms with Crippen LogP contribution in [0.1, 0.15) is 36.2 Å². The third-order valence-corrected chi connectivity index (χ3v) is 4.27. The molecule has 1 aromatic carbocycles. The molecule has 1 aromatic heterocycles. The molecule has 3 rings (SSSR count). The molecule has 0 aliphatic heterocycles. The molecule has 1 amide bonds. The van der Waals surface area contributed by atoms with Crippen molar-refractivity contribution in [2.75, 3.05) is 5.32 Å². The molecule has 1 aliphatic carbocycles. The number of hydrogen-bond acceptors (Lipinski definition) is 3. The van der Waals surface area contributed by atoms with Gasteiger partial charge in [-0.15, -0.1) is 0 Å². The van der Waals surface area contributed by atoms with Crippen molar-refractivity contribution in [1.82, 2.24) is 10.3 Å². The van der Waals surface area contributed by atoms with Gasteiger partial charge in [0, 0.05) is 21.8 Å². The van der Waals surface area contributed by atoms with Gasteiger partial charge in [0.25, 0.3) is 5.91 Å². The molecule has 120 valence electrons. The fourth-order valence-corrected chi connectivity index (χ4v) is 3.25. The van der Waals surface area contributed by atoms with Gasteiger partial charge in [-0.1, -0.05) is 36.0 Å². The number of benzene rings is 1. The Balaban J connectivity index is 1.65. The molecule has 1 heterocycles. The van der Waals surface area contributed by atoms with Gasteiger partial charge in [0.05, 0.1) is 11.9 Å². The Labute approximate surface area is 145 Å². The zero-order chi connectivity index (χ0) is 16.2. The molecule has 2 aromatic rings. The van der Waals surface area contributed by atoms with Gasteiger partial charge in [-0.25, -0.2) is 4.98 Å². The highest BCUT2D eigenvalue weighted by molar-refractivity contribution is 6.35. The minimum Gasteiger partial charge on any atom is -0.354 e. The van der Waals surface area contributed by atoms with Crippen LogP contribution in [0, 0.1) is 0 Å². The number of rotatable bonds is 4. The van der Waals surface area contributed by atoms with Crippen LogP contribution in [0.25, 0.3) is 0 Å². The smallest absolute Gasteiger partial charge is 0.270 e. The highest BCUT2D eigenvalue weighted by Gasteiger charge is 2.18. The van der Waals surface area contributed by atoms with Crippen LogP contribution in [0.15, 0.2) is 36.5 Å². The van der Waals surface area contributed by atoms with Crippen LogP contribution in [-0.4, -0.2) is 16.9 Å². The molecule has 0 unspecified atom stereocenters. The zero-order valence-corrected chi connectivity index (χ0v) is 14.0. The number of nitrogens with one attached hydrogen (secondary N) is 2. The molecular weight excluding hydrogens is 333 g/mol. The maximum Gasteiger partial charge on any atom is 0.270 e. The summed E-state index contributed by atoms with van der Waals surface area (Å²) in [5, 5.41) is 7.30. The van der Waals surface area contributed by atoms with E-state index in [-0.39, 0.29) is 11.9 Å². The fraction of sp³-hybridized carbons (Fsp3) is 0.294. The average molecular weight is 350 g/mol. The van der Waals surface area contributed by atoms with E-state index in [0.717, 1.165) is 24.2 Å². The SMILES string of the molecule is O=C(NC1CCCC1)c1ccc(Nc2cc(Cl)cc(Cl)c2)cn1. The summed E-state index contributed by atoms with van der Waals surface area (Å²) in [4.78, 5) is 16.4. The molecule has 2 N–H and O–H groups in total. The molecule has 0 atom stereocenters. The zero-order valence-electron chi connectivity index (χ0n) is 12.5. The van der Waals surface area contributed by atoms with Crippen molar-refractivity contribution in [3.05, 3.63) is 52.3 Å². The summed E-state index contributed by atoms with van der Waals surface area (Å²) in [7, 11) is 0. The molecule has 1 aliphatic rings. The van der Waals surface area contributed by atoms with E-state index in [0.29, 0.717) is 15.7 Å². The Bertz CT molecular complexity index is 677. The van der Waals surface area contributed by atoms with Crippen molar-refractivity contribution in [2.45, 2.75) is 31.7 Å². The lowest BCUT2D eigenvalue weighted by atomic mass is 10.2. The number of amides is 1. The average Bonchev–Trinajstić information content (AvgIpc) is 3.00. The summed E-state index contributed by atoms with van der Waals surface area (Å²) in [6, 6.07) is 9.02. The summed E-state index contributed by atoms with van der Waals surface area (Å²) in [6.07, 6.45) is 6.10. The number of nitrogens with zero attached hydrogens (tertiary/aromatic N) is 1. The Morgan fingerprint density at radius 1 is 1.04 bits per heavy atom. The number of halogens is 2. The van der Waals surface area contributed by atoms with Gasteiger partial charge in [0.1, 0.15) is 5.69 Å². The molecule has 0 saturated heterocycles. The molecule has 1 fully saturated rings. The van der Waals surface area contributed by atoms with E-state index < -0.39 is 0 Å². The van der Waals surface area contributed by atoms with Crippen molar-refractivity contribution < 1.29 is 4.79 Å². The summed E-state index contributed by atoms with van der Waals surface area (Å²) < 4.78 is 0. The van der Waals surface area contributed by atoms with E-state index in [1.54, 1.807) is 30.5 Å². The summed E-state index contributed by atoms with van der Waals surface area (Å²) in [5.41, 5.74) is 1.96. The van der Waals surface area contributed by atoms with Gasteiger partial charge in [-0.3, -0.25) is 4.79 Å². The first kappa shape index (κ1) is 16.1. The normalized spacial score (nSPS) is 14.7. The van der Waals surface area contributed by atoms with Gasteiger partial charge in [-0.2, -0.15) is 0 Å². The fourth-order valence-electron chi connectivity index (χ4n) is 2.72. The number of hydrogen-bond donors (Lipinski definition) is 2. The summed E-state index contributed by atoms with van der Waals surface area (Å²) >= 11 is 11.9.